The molecule has 1 aromatic carbocycles. The number of hydrazine groups is 1. The first-order valence-corrected chi connectivity index (χ1v) is 18.8. The van der Waals surface area contributed by atoms with E-state index in [-0.39, 0.29) is 12.3 Å². The number of carbonyl (C=O) groups is 1. The van der Waals surface area contributed by atoms with Crippen LogP contribution in [0.3, 0.4) is 0 Å². The van der Waals surface area contributed by atoms with Gasteiger partial charge in [0.15, 0.2) is 12.0 Å². The molecule has 2 aliphatic rings. The van der Waals surface area contributed by atoms with Gasteiger partial charge in [-0.1, -0.05) is 25.0 Å². The van der Waals surface area contributed by atoms with E-state index in [0.717, 1.165) is 12.2 Å². The maximum Gasteiger partial charge on any atom is 0.229 e. The van der Waals surface area contributed by atoms with Crippen molar-refractivity contribution in [3.05, 3.63) is 72.6 Å². The maximum atomic E-state index is 12.8. The van der Waals surface area contributed by atoms with Crippen LogP contribution in [0.2, 0.25) is 0 Å². The normalized spacial score (nSPS) is 16.2. The molecule has 2 aromatic heterocycles. The molecular weight excluding hydrogens is 692 g/mol. The molecule has 1 amide bonds. The van der Waals surface area contributed by atoms with Crippen molar-refractivity contribution in [3.63, 3.8) is 0 Å². The lowest BCUT2D eigenvalue weighted by molar-refractivity contribution is -0.119. The van der Waals surface area contributed by atoms with Crippen molar-refractivity contribution in [2.45, 2.75) is 63.8 Å². The van der Waals surface area contributed by atoms with Gasteiger partial charge in [-0.2, -0.15) is 9.99 Å². The fourth-order valence-corrected chi connectivity index (χ4v) is 6.22. The number of aromatic nitrogens is 3. The number of aliphatic hydroxyl groups is 2. The van der Waals surface area contributed by atoms with E-state index in [2.05, 4.69) is 27.2 Å². The highest BCUT2D eigenvalue weighted by atomic mass is 16.6. The van der Waals surface area contributed by atoms with Crippen LogP contribution < -0.4 is 20.5 Å². The zero-order chi connectivity index (χ0) is 38.3. The monoisotopic (exact) mass is 748 g/mol. The summed E-state index contributed by atoms with van der Waals surface area (Å²) in [7, 11) is 1.73. The fraction of sp³-hybridized carbons (Fsp3) is 0.538. The van der Waals surface area contributed by atoms with Gasteiger partial charge in [0.1, 0.15) is 11.4 Å². The second-order valence-electron chi connectivity index (χ2n) is 13.8. The van der Waals surface area contributed by atoms with Gasteiger partial charge >= 0.3 is 0 Å². The van der Waals surface area contributed by atoms with Crippen molar-refractivity contribution in [1.82, 2.24) is 25.3 Å². The van der Waals surface area contributed by atoms with Gasteiger partial charge < -0.3 is 44.7 Å². The highest BCUT2D eigenvalue weighted by Gasteiger charge is 2.39. The molecule has 54 heavy (non-hydrogen) atoms. The van der Waals surface area contributed by atoms with Crippen LogP contribution in [0, 0.1) is 0 Å². The summed E-state index contributed by atoms with van der Waals surface area (Å²) in [5.41, 5.74) is 1.25. The van der Waals surface area contributed by atoms with Gasteiger partial charge in [0.25, 0.3) is 0 Å². The van der Waals surface area contributed by atoms with Crippen LogP contribution >= 0.6 is 0 Å². The second-order valence-corrected chi connectivity index (χ2v) is 13.8. The lowest BCUT2D eigenvalue weighted by atomic mass is 10.1. The van der Waals surface area contributed by atoms with E-state index in [1.807, 2.05) is 24.3 Å². The number of hydrogen-bond acceptors (Lipinski definition) is 14. The Morgan fingerprint density at radius 2 is 1.61 bits per heavy atom. The van der Waals surface area contributed by atoms with Crippen LogP contribution in [-0.2, 0) is 29.3 Å². The predicted molar refractivity (Wildman–Crippen MR) is 207 cm³/mol. The summed E-state index contributed by atoms with van der Waals surface area (Å²) in [5, 5.41) is 31.8. The molecular formula is C39H56N8O7. The summed E-state index contributed by atoms with van der Waals surface area (Å²) in [5.74, 6) is 1.15. The second kappa shape index (κ2) is 20.6. The number of rotatable bonds is 23. The minimum atomic E-state index is -1.16. The Labute approximate surface area is 318 Å². The molecule has 1 saturated carbocycles. The number of carbonyl (C=O) groups excluding carboxylic acids is 1. The molecule has 3 aromatic rings. The lowest BCUT2D eigenvalue weighted by Gasteiger charge is -2.30. The Balaban J connectivity index is 1.00. The number of nitrogens with zero attached hydrogens (tertiary/aromatic N) is 6. The standard InChI is InChI=1S/C39H56N8O7/c1-5-19-46-37(49)32-28-41-38(44-36(32)47(46)34-12-8-11-33(43-34)39(2,3)50)42-30-13-15-31(16-14-30)45(4)35(48)17-20-51-22-24-53-26-27-54-25-23-52-21-18-40-29-9-6-7-10-29/h5,8,11-16,28-29,37,40,49-50H,1,6-7,9-10,17-27H2,2-4H3,(H,41,42,44). The Hall–Kier alpha value is -4.06. The number of hydrogen-bond donors (Lipinski definition) is 4. The summed E-state index contributed by atoms with van der Waals surface area (Å²) in [6.07, 6.45) is 7.68. The van der Waals surface area contributed by atoms with Crippen LogP contribution in [0.4, 0.5) is 29.0 Å². The van der Waals surface area contributed by atoms with E-state index < -0.39 is 11.8 Å². The number of amides is 1. The smallest absolute Gasteiger partial charge is 0.229 e. The molecule has 0 bridgehead atoms. The van der Waals surface area contributed by atoms with E-state index in [1.54, 1.807) is 66.3 Å². The van der Waals surface area contributed by atoms with Gasteiger partial charge in [-0.05, 0) is 63.1 Å². The Morgan fingerprint density at radius 1 is 0.963 bits per heavy atom. The van der Waals surface area contributed by atoms with Crippen molar-refractivity contribution in [3.8, 4) is 0 Å². The first kappa shape index (κ1) is 41.1. The Morgan fingerprint density at radius 3 is 2.26 bits per heavy atom. The third-order valence-electron chi connectivity index (χ3n) is 9.20. The summed E-state index contributed by atoms with van der Waals surface area (Å²) in [6, 6.07) is 13.3. The Kier molecular flexibility index (Phi) is 15.7. The van der Waals surface area contributed by atoms with Crippen molar-refractivity contribution >= 4 is 34.9 Å². The van der Waals surface area contributed by atoms with Crippen LogP contribution in [0.25, 0.3) is 0 Å². The third-order valence-corrected chi connectivity index (χ3v) is 9.20. The topological polar surface area (TPSA) is 167 Å². The molecule has 1 fully saturated rings. The number of pyridine rings is 1. The fourth-order valence-electron chi connectivity index (χ4n) is 6.22. The SMILES string of the molecule is C=CCN1C(O)c2cnc(Nc3ccc(N(C)C(=O)CCOCCOCCOCCOCCNC4CCCC4)cc3)nc2N1c1cccc(C(C)(C)O)n1. The first-order chi connectivity index (χ1) is 26.2. The largest absolute Gasteiger partial charge is 0.384 e. The van der Waals surface area contributed by atoms with Crippen LogP contribution in [0.5, 0.6) is 0 Å². The number of aliphatic hydroxyl groups excluding tert-OH is 1. The van der Waals surface area contributed by atoms with E-state index in [9.17, 15) is 15.0 Å². The van der Waals surface area contributed by atoms with Crippen LogP contribution in [0.1, 0.15) is 63.4 Å². The summed E-state index contributed by atoms with van der Waals surface area (Å²) in [4.78, 5) is 28.2. The number of ether oxygens (including phenoxy) is 4. The zero-order valence-corrected chi connectivity index (χ0v) is 31.8. The summed E-state index contributed by atoms with van der Waals surface area (Å²) in [6.45, 7) is 12.3. The number of fused-ring (bicyclic) bond motifs is 1. The third kappa shape index (κ3) is 11.7. The molecule has 3 heterocycles. The maximum absolute atomic E-state index is 12.8. The summed E-state index contributed by atoms with van der Waals surface area (Å²) >= 11 is 0. The van der Waals surface area contributed by atoms with Gasteiger partial charge in [-0.25, -0.2) is 15.0 Å². The molecule has 0 saturated heterocycles. The molecule has 0 radical (unpaired) electrons. The number of benzene rings is 1. The molecule has 0 spiro atoms. The van der Waals surface area contributed by atoms with Crippen molar-refractivity contribution < 1.29 is 34.0 Å². The molecule has 1 atom stereocenters. The molecule has 1 unspecified atom stereocenters. The van der Waals surface area contributed by atoms with Crippen molar-refractivity contribution in [2.75, 3.05) is 88.2 Å². The van der Waals surface area contributed by atoms with E-state index in [4.69, 9.17) is 23.9 Å². The van der Waals surface area contributed by atoms with Gasteiger partial charge in [-0.3, -0.25) is 4.79 Å². The molecule has 4 N–H and O–H groups in total. The lowest BCUT2D eigenvalue weighted by Crippen LogP contribution is -2.37. The van der Waals surface area contributed by atoms with Crippen molar-refractivity contribution in [2.24, 2.45) is 0 Å². The highest BCUT2D eigenvalue weighted by molar-refractivity contribution is 5.93. The molecule has 5 rings (SSSR count). The predicted octanol–water partition coefficient (Wildman–Crippen LogP) is 4.34. The minimum Gasteiger partial charge on any atom is -0.384 e. The molecule has 294 valence electrons. The van der Waals surface area contributed by atoms with Crippen LogP contribution in [-0.4, -0.2) is 115 Å². The average Bonchev–Trinajstić information content (AvgIpc) is 3.78. The molecule has 1 aliphatic carbocycles. The highest BCUT2D eigenvalue weighted by Crippen LogP contribution is 2.42. The van der Waals surface area contributed by atoms with E-state index in [1.165, 1.54) is 25.7 Å². The quantitative estimate of drug-likeness (QED) is 0.0799. The van der Waals surface area contributed by atoms with Crippen molar-refractivity contribution in [1.29, 1.82) is 0 Å². The van der Waals surface area contributed by atoms with E-state index >= 15 is 0 Å². The van der Waals surface area contributed by atoms with Gasteiger partial charge in [-0.15, -0.1) is 6.58 Å². The Bertz CT molecular complexity index is 1620. The zero-order valence-electron chi connectivity index (χ0n) is 31.8. The average molecular weight is 749 g/mol. The van der Waals surface area contributed by atoms with Crippen LogP contribution in [0.15, 0.2) is 61.3 Å². The van der Waals surface area contributed by atoms with Gasteiger partial charge in [0, 0.05) is 43.8 Å². The number of anilines is 5. The molecule has 15 heteroatoms. The first-order valence-electron chi connectivity index (χ1n) is 18.8. The minimum absolute atomic E-state index is 0.0755. The molecule has 15 nitrogen and oxygen atoms in total. The molecule has 1 aliphatic heterocycles. The van der Waals surface area contributed by atoms with E-state index in [0.29, 0.717) is 100.0 Å². The van der Waals surface area contributed by atoms with Gasteiger partial charge in [0.2, 0.25) is 11.9 Å². The number of nitrogens with one attached hydrogen (secondary N) is 2. The summed E-state index contributed by atoms with van der Waals surface area (Å²) < 4.78 is 22.3. The van der Waals surface area contributed by atoms with Gasteiger partial charge in [0.05, 0.1) is 70.5 Å².